The summed E-state index contributed by atoms with van der Waals surface area (Å²) in [5.41, 5.74) is 7.88. The summed E-state index contributed by atoms with van der Waals surface area (Å²) >= 11 is 0. The van der Waals surface area contributed by atoms with Gasteiger partial charge in [-0.25, -0.2) is 8.91 Å². The number of pyridine rings is 1. The lowest BCUT2D eigenvalue weighted by atomic mass is 10.2. The minimum absolute atomic E-state index is 0.159. The van der Waals surface area contributed by atoms with E-state index >= 15 is 0 Å². The number of unbranched alkanes of at least 4 members (excludes halogenated alkanes) is 1. The van der Waals surface area contributed by atoms with Crippen molar-refractivity contribution in [2.75, 3.05) is 13.2 Å². The van der Waals surface area contributed by atoms with Crippen LogP contribution >= 0.6 is 0 Å². The Hall–Kier alpha value is -1.88. The van der Waals surface area contributed by atoms with Crippen molar-refractivity contribution in [3.63, 3.8) is 0 Å². The molecule has 2 aromatic rings. The van der Waals surface area contributed by atoms with Gasteiger partial charge in [0.2, 0.25) is 0 Å². The first kappa shape index (κ1) is 14.5. The number of hydrogen-bond acceptors (Lipinski definition) is 3. The third-order valence-electron chi connectivity index (χ3n) is 3.11. The second kappa shape index (κ2) is 7.05. The quantitative estimate of drug-likeness (QED) is 0.846. The molecular weight excluding hydrogens is 257 g/mol. The van der Waals surface area contributed by atoms with Gasteiger partial charge in [-0.3, -0.25) is 0 Å². The molecule has 0 aliphatic heterocycles. The van der Waals surface area contributed by atoms with E-state index in [1.165, 1.54) is 0 Å². The van der Waals surface area contributed by atoms with Gasteiger partial charge in [0.1, 0.15) is 12.4 Å². The fourth-order valence-corrected chi connectivity index (χ4v) is 1.91. The number of halogens is 1. The van der Waals surface area contributed by atoms with Crippen molar-refractivity contribution in [1.29, 1.82) is 0 Å². The lowest BCUT2D eigenvalue weighted by molar-refractivity contribution is 0.347. The largest absolute Gasteiger partial charge is 0.489 e. The van der Waals surface area contributed by atoms with Crippen molar-refractivity contribution in [2.45, 2.75) is 26.2 Å². The molecule has 2 heterocycles. The van der Waals surface area contributed by atoms with E-state index in [1.807, 2.05) is 22.8 Å². The van der Waals surface area contributed by atoms with Crippen LogP contribution in [-0.2, 0) is 6.42 Å². The van der Waals surface area contributed by atoms with Crippen LogP contribution in [0.5, 0.6) is 5.75 Å². The molecule has 20 heavy (non-hydrogen) atoms. The molecule has 2 N–H and O–H groups in total. The Bertz CT molecular complexity index is 592. The van der Waals surface area contributed by atoms with E-state index in [0.717, 1.165) is 30.5 Å². The van der Waals surface area contributed by atoms with Crippen LogP contribution in [0.3, 0.4) is 0 Å². The highest BCUT2D eigenvalue weighted by atomic mass is 19.1. The predicted molar refractivity (Wildman–Crippen MR) is 77.5 cm³/mol. The van der Waals surface area contributed by atoms with Gasteiger partial charge >= 0.3 is 0 Å². The maximum atomic E-state index is 12.4. The van der Waals surface area contributed by atoms with Crippen LogP contribution in [-0.4, -0.2) is 22.8 Å². The van der Waals surface area contributed by atoms with E-state index in [1.54, 1.807) is 0 Å². The minimum atomic E-state index is 0.159. The van der Waals surface area contributed by atoms with Crippen molar-refractivity contribution in [2.24, 2.45) is 5.73 Å². The first-order valence-corrected chi connectivity index (χ1v) is 6.86. The Morgan fingerprint density at radius 1 is 1.50 bits per heavy atom. The van der Waals surface area contributed by atoms with Crippen LogP contribution in [0.4, 0.5) is 4.39 Å². The Morgan fingerprint density at radius 2 is 2.35 bits per heavy atom. The molecule has 0 aliphatic carbocycles. The van der Waals surface area contributed by atoms with Gasteiger partial charge in [-0.2, -0.15) is 5.10 Å². The smallest absolute Gasteiger partial charge is 0.123 e. The average Bonchev–Trinajstić information content (AvgIpc) is 2.88. The van der Waals surface area contributed by atoms with Gasteiger partial charge in [-0.15, -0.1) is 0 Å². The lowest BCUT2D eigenvalue weighted by Crippen LogP contribution is -2.10. The van der Waals surface area contributed by atoms with Gasteiger partial charge in [0.15, 0.2) is 0 Å². The van der Waals surface area contributed by atoms with Gasteiger partial charge < -0.3 is 10.5 Å². The molecule has 0 atom stereocenters. The summed E-state index contributed by atoms with van der Waals surface area (Å²) in [6, 6.07) is 5.77. The average molecular weight is 277 g/mol. The number of fused-ring (bicyclic) bond motifs is 1. The molecule has 108 valence electrons. The molecule has 0 aliphatic rings. The van der Waals surface area contributed by atoms with Crippen LogP contribution in [0.25, 0.3) is 5.52 Å². The van der Waals surface area contributed by atoms with Gasteiger partial charge in [0.05, 0.1) is 17.5 Å². The van der Waals surface area contributed by atoms with Crippen molar-refractivity contribution in [3.05, 3.63) is 42.0 Å². The van der Waals surface area contributed by atoms with Crippen LogP contribution in [0.2, 0.25) is 0 Å². The van der Waals surface area contributed by atoms with Gasteiger partial charge in [-0.05, 0) is 25.0 Å². The zero-order valence-electron chi connectivity index (χ0n) is 11.7. The summed E-state index contributed by atoms with van der Waals surface area (Å²) in [4.78, 5) is 0. The summed E-state index contributed by atoms with van der Waals surface area (Å²) in [7, 11) is 0. The maximum Gasteiger partial charge on any atom is 0.123 e. The molecule has 0 saturated carbocycles. The molecule has 4 nitrogen and oxygen atoms in total. The number of aryl methyl sites for hydroxylation is 1. The number of hydrogen-bond donors (Lipinski definition) is 1. The third kappa shape index (κ3) is 3.57. The second-order valence-corrected chi connectivity index (χ2v) is 4.73. The minimum Gasteiger partial charge on any atom is -0.489 e. The number of aromatic nitrogens is 2. The molecule has 0 bridgehead atoms. The SMILES string of the molecule is CCCCc1cc2cc(OC/C(=C/F)CN)ccn2n1. The highest BCUT2D eigenvalue weighted by molar-refractivity contribution is 5.51. The van der Waals surface area contributed by atoms with E-state index < -0.39 is 0 Å². The van der Waals surface area contributed by atoms with E-state index in [9.17, 15) is 4.39 Å². The third-order valence-corrected chi connectivity index (χ3v) is 3.11. The Morgan fingerprint density at radius 3 is 3.05 bits per heavy atom. The molecule has 2 aromatic heterocycles. The molecule has 0 aromatic carbocycles. The van der Waals surface area contributed by atoms with Crippen LogP contribution in [0, 0.1) is 0 Å². The first-order valence-electron chi connectivity index (χ1n) is 6.86. The molecule has 0 saturated heterocycles. The molecule has 0 amide bonds. The van der Waals surface area contributed by atoms with E-state index in [-0.39, 0.29) is 13.2 Å². The number of ether oxygens (including phenoxy) is 1. The zero-order chi connectivity index (χ0) is 14.4. The monoisotopic (exact) mass is 277 g/mol. The lowest BCUT2D eigenvalue weighted by Gasteiger charge is -2.07. The van der Waals surface area contributed by atoms with Crippen LogP contribution in [0.1, 0.15) is 25.5 Å². The number of nitrogens with two attached hydrogens (primary N) is 1. The van der Waals surface area contributed by atoms with Crippen molar-refractivity contribution >= 4 is 5.52 Å². The summed E-state index contributed by atoms with van der Waals surface area (Å²) in [5, 5.41) is 4.49. The Labute approximate surface area is 118 Å². The molecule has 0 radical (unpaired) electrons. The maximum absolute atomic E-state index is 12.4. The Kier molecular flexibility index (Phi) is 5.12. The predicted octanol–water partition coefficient (Wildman–Crippen LogP) is 2.87. The number of rotatable bonds is 7. The molecule has 0 unspecified atom stereocenters. The topological polar surface area (TPSA) is 52.5 Å². The van der Waals surface area contributed by atoms with Gasteiger partial charge in [0.25, 0.3) is 0 Å². The highest BCUT2D eigenvalue weighted by Crippen LogP contribution is 2.17. The molecule has 0 spiro atoms. The summed E-state index contributed by atoms with van der Waals surface area (Å²) in [6.07, 6.45) is 5.62. The van der Waals surface area contributed by atoms with E-state index in [2.05, 4.69) is 18.1 Å². The van der Waals surface area contributed by atoms with Crippen molar-refractivity contribution in [1.82, 2.24) is 9.61 Å². The molecule has 5 heteroatoms. The molecular formula is C15H20FN3O. The van der Waals surface area contributed by atoms with Crippen LogP contribution < -0.4 is 10.5 Å². The first-order chi connectivity index (χ1) is 9.76. The number of nitrogens with zero attached hydrogens (tertiary/aromatic N) is 2. The van der Waals surface area contributed by atoms with E-state index in [0.29, 0.717) is 17.7 Å². The van der Waals surface area contributed by atoms with Crippen molar-refractivity contribution < 1.29 is 9.13 Å². The highest BCUT2D eigenvalue weighted by Gasteiger charge is 2.04. The van der Waals surface area contributed by atoms with Crippen LogP contribution in [0.15, 0.2) is 36.3 Å². The zero-order valence-corrected chi connectivity index (χ0v) is 11.7. The van der Waals surface area contributed by atoms with Crippen molar-refractivity contribution in [3.8, 4) is 5.75 Å². The second-order valence-electron chi connectivity index (χ2n) is 4.73. The standard InChI is InChI=1S/C15H20FN3O/c1-2-3-4-13-7-14-8-15(5-6-19(14)18-13)20-11-12(9-16)10-17/h5-9H,2-4,10-11,17H2,1H3/b12-9+. The fraction of sp³-hybridized carbons (Fsp3) is 0.400. The van der Waals surface area contributed by atoms with Gasteiger partial charge in [-0.1, -0.05) is 13.3 Å². The van der Waals surface area contributed by atoms with E-state index in [4.69, 9.17) is 10.5 Å². The Balaban J connectivity index is 2.08. The summed E-state index contributed by atoms with van der Waals surface area (Å²) in [6.45, 7) is 2.49. The summed E-state index contributed by atoms with van der Waals surface area (Å²) < 4.78 is 19.7. The normalized spacial score (nSPS) is 12.1. The molecule has 0 fully saturated rings. The fourth-order valence-electron chi connectivity index (χ4n) is 1.91. The summed E-state index contributed by atoms with van der Waals surface area (Å²) in [5.74, 6) is 0.687. The molecule has 2 rings (SSSR count). The van der Waals surface area contributed by atoms with Gasteiger partial charge in [0, 0.05) is 24.4 Å².